The van der Waals surface area contributed by atoms with Gasteiger partial charge in [-0.25, -0.2) is 4.98 Å². The van der Waals surface area contributed by atoms with Crippen LogP contribution in [0.3, 0.4) is 0 Å². The number of imidazole rings is 1. The third-order valence-corrected chi connectivity index (χ3v) is 3.45. The monoisotopic (exact) mass is 285 g/mol. The molecule has 0 aliphatic heterocycles. The Balaban J connectivity index is 1.85. The number of amides is 1. The molecule has 2 heterocycles. The number of aromatic nitrogens is 4. The molecule has 0 unspecified atom stereocenters. The molecule has 0 aliphatic carbocycles. The summed E-state index contributed by atoms with van der Waals surface area (Å²) in [5.41, 5.74) is 1.65. The lowest BCUT2D eigenvalue weighted by molar-refractivity contribution is 0.103. The lowest BCUT2D eigenvalue weighted by atomic mass is 10.2. The molecular formula is C13H11N5OS. The van der Waals surface area contributed by atoms with Gasteiger partial charge in [0.05, 0.1) is 6.20 Å². The van der Waals surface area contributed by atoms with E-state index in [2.05, 4.69) is 19.9 Å². The predicted octanol–water partition coefficient (Wildman–Crippen LogP) is 2.19. The normalized spacial score (nSPS) is 10.4. The van der Waals surface area contributed by atoms with Crippen LogP contribution in [0.5, 0.6) is 0 Å². The number of nitrogens with one attached hydrogen (secondary N) is 1. The van der Waals surface area contributed by atoms with E-state index in [1.54, 1.807) is 6.20 Å². The van der Waals surface area contributed by atoms with Crippen molar-refractivity contribution in [2.24, 2.45) is 7.05 Å². The van der Waals surface area contributed by atoms with Gasteiger partial charge >= 0.3 is 0 Å². The molecule has 3 aromatic rings. The van der Waals surface area contributed by atoms with Crippen molar-refractivity contribution >= 4 is 23.1 Å². The molecule has 1 amide bonds. The first kappa shape index (κ1) is 12.5. The predicted molar refractivity (Wildman–Crippen MR) is 76.5 cm³/mol. The molecule has 2 aromatic heterocycles. The summed E-state index contributed by atoms with van der Waals surface area (Å²) in [6.45, 7) is 0. The van der Waals surface area contributed by atoms with E-state index in [1.807, 2.05) is 42.1 Å². The summed E-state index contributed by atoms with van der Waals surface area (Å²) >= 11 is 1.07. The van der Waals surface area contributed by atoms with Gasteiger partial charge in [0, 0.05) is 30.7 Å². The van der Waals surface area contributed by atoms with Crippen molar-refractivity contribution in [2.45, 2.75) is 0 Å². The molecule has 1 N–H and O–H groups in total. The highest BCUT2D eigenvalue weighted by atomic mass is 32.1. The second-order valence-electron chi connectivity index (χ2n) is 4.18. The van der Waals surface area contributed by atoms with Gasteiger partial charge in [-0.05, 0) is 23.7 Å². The first-order valence-electron chi connectivity index (χ1n) is 5.90. The van der Waals surface area contributed by atoms with Gasteiger partial charge in [-0.2, -0.15) is 0 Å². The fourth-order valence-electron chi connectivity index (χ4n) is 1.84. The first-order valence-corrected chi connectivity index (χ1v) is 6.68. The molecule has 0 radical (unpaired) electrons. The van der Waals surface area contributed by atoms with Crippen LogP contribution in [0.25, 0.3) is 11.4 Å². The molecule has 0 atom stereocenters. The largest absolute Gasteiger partial charge is 0.334 e. The zero-order chi connectivity index (χ0) is 13.9. The van der Waals surface area contributed by atoms with E-state index in [9.17, 15) is 4.79 Å². The smallest absolute Gasteiger partial charge is 0.269 e. The number of aryl methyl sites for hydroxylation is 1. The Morgan fingerprint density at radius 3 is 3.00 bits per heavy atom. The minimum absolute atomic E-state index is 0.211. The van der Waals surface area contributed by atoms with Gasteiger partial charge in [-0.1, -0.05) is 16.6 Å². The number of nitrogens with zero attached hydrogens (tertiary/aromatic N) is 4. The minimum Gasteiger partial charge on any atom is -0.334 e. The van der Waals surface area contributed by atoms with Crippen LogP contribution < -0.4 is 5.32 Å². The van der Waals surface area contributed by atoms with Gasteiger partial charge in [0.2, 0.25) is 0 Å². The van der Waals surface area contributed by atoms with E-state index in [-0.39, 0.29) is 5.91 Å². The van der Waals surface area contributed by atoms with E-state index in [0.717, 1.165) is 22.9 Å². The minimum atomic E-state index is -0.211. The number of hydrogen-bond donors (Lipinski definition) is 1. The van der Waals surface area contributed by atoms with Crippen molar-refractivity contribution in [3.63, 3.8) is 0 Å². The molecule has 20 heavy (non-hydrogen) atoms. The van der Waals surface area contributed by atoms with Crippen LogP contribution in [0.2, 0.25) is 0 Å². The van der Waals surface area contributed by atoms with Gasteiger partial charge in [-0.3, -0.25) is 4.79 Å². The molecule has 0 bridgehead atoms. The van der Waals surface area contributed by atoms with Gasteiger partial charge in [-0.15, -0.1) is 5.10 Å². The number of rotatable bonds is 3. The molecule has 0 fully saturated rings. The average Bonchev–Trinajstić information content (AvgIpc) is 3.10. The molecule has 0 aliphatic rings. The van der Waals surface area contributed by atoms with Crippen molar-refractivity contribution in [1.82, 2.24) is 19.1 Å². The van der Waals surface area contributed by atoms with Crippen LogP contribution in [-0.4, -0.2) is 25.0 Å². The highest BCUT2D eigenvalue weighted by Crippen LogP contribution is 2.21. The summed E-state index contributed by atoms with van der Waals surface area (Å²) in [5, 5.41) is 6.47. The highest BCUT2D eigenvalue weighted by Gasteiger charge is 2.10. The third kappa shape index (κ3) is 2.43. The number of carbonyl (C=O) groups excluding carboxylic acids is 1. The van der Waals surface area contributed by atoms with Crippen LogP contribution in [0, 0.1) is 0 Å². The quantitative estimate of drug-likeness (QED) is 0.800. The molecular weight excluding hydrogens is 274 g/mol. The fourth-order valence-corrected chi connectivity index (χ4v) is 2.25. The number of benzene rings is 1. The van der Waals surface area contributed by atoms with Gasteiger partial charge < -0.3 is 9.88 Å². The van der Waals surface area contributed by atoms with E-state index in [1.165, 1.54) is 6.20 Å². The van der Waals surface area contributed by atoms with Gasteiger partial charge in [0.25, 0.3) is 5.91 Å². The number of hydrogen-bond acceptors (Lipinski definition) is 5. The maximum Gasteiger partial charge on any atom is 0.269 e. The molecule has 6 nitrogen and oxygen atoms in total. The third-order valence-electron chi connectivity index (χ3n) is 2.78. The summed E-state index contributed by atoms with van der Waals surface area (Å²) in [6.07, 6.45) is 5.07. The number of anilines is 1. The Bertz CT molecular complexity index is 735. The topological polar surface area (TPSA) is 72.7 Å². The maximum atomic E-state index is 11.9. The standard InChI is InChI=1S/C13H11N5OS/c1-18-6-5-14-12(18)9-3-2-4-10(7-9)16-13(19)11-8-15-17-20-11/h2-8H,1H3,(H,16,19). The van der Waals surface area contributed by atoms with E-state index >= 15 is 0 Å². The van der Waals surface area contributed by atoms with Crippen LogP contribution >= 0.6 is 11.5 Å². The Labute approximate surface area is 119 Å². The summed E-state index contributed by atoms with van der Waals surface area (Å²) in [5.74, 6) is 0.637. The maximum absolute atomic E-state index is 11.9. The molecule has 7 heteroatoms. The number of carbonyl (C=O) groups is 1. The molecule has 0 spiro atoms. The summed E-state index contributed by atoms with van der Waals surface area (Å²) in [6, 6.07) is 7.55. The molecule has 100 valence electrons. The summed E-state index contributed by atoms with van der Waals surface area (Å²) < 4.78 is 5.60. The molecule has 3 rings (SSSR count). The highest BCUT2D eigenvalue weighted by molar-refractivity contribution is 7.07. The van der Waals surface area contributed by atoms with Gasteiger partial charge in [0.15, 0.2) is 0 Å². The van der Waals surface area contributed by atoms with Crippen molar-refractivity contribution < 1.29 is 4.79 Å². The van der Waals surface area contributed by atoms with Crippen molar-refractivity contribution in [1.29, 1.82) is 0 Å². The SMILES string of the molecule is Cn1ccnc1-c1cccc(NC(=O)c2cnns2)c1. The van der Waals surface area contributed by atoms with Crippen LogP contribution in [0.15, 0.2) is 42.9 Å². The van der Waals surface area contributed by atoms with Crippen LogP contribution in [0.1, 0.15) is 9.67 Å². The average molecular weight is 285 g/mol. The Hall–Kier alpha value is -2.54. The van der Waals surface area contributed by atoms with Crippen molar-refractivity contribution in [3.05, 3.63) is 47.7 Å². The van der Waals surface area contributed by atoms with E-state index in [4.69, 9.17) is 0 Å². The van der Waals surface area contributed by atoms with Crippen LogP contribution in [0.4, 0.5) is 5.69 Å². The zero-order valence-electron chi connectivity index (χ0n) is 10.6. The van der Waals surface area contributed by atoms with Crippen molar-refractivity contribution in [3.8, 4) is 11.4 Å². The summed E-state index contributed by atoms with van der Waals surface area (Å²) in [7, 11) is 1.93. The second-order valence-corrected chi connectivity index (χ2v) is 4.96. The Kier molecular flexibility index (Phi) is 3.26. The van der Waals surface area contributed by atoms with E-state index in [0.29, 0.717) is 10.6 Å². The summed E-state index contributed by atoms with van der Waals surface area (Å²) in [4.78, 5) is 16.7. The molecule has 0 saturated heterocycles. The van der Waals surface area contributed by atoms with Crippen molar-refractivity contribution in [2.75, 3.05) is 5.32 Å². The van der Waals surface area contributed by atoms with E-state index < -0.39 is 0 Å². The van der Waals surface area contributed by atoms with Crippen LogP contribution in [-0.2, 0) is 7.05 Å². The first-order chi connectivity index (χ1) is 9.74. The second kappa shape index (κ2) is 5.22. The Morgan fingerprint density at radius 1 is 1.40 bits per heavy atom. The fraction of sp³-hybridized carbons (Fsp3) is 0.0769. The Morgan fingerprint density at radius 2 is 2.30 bits per heavy atom. The lowest BCUT2D eigenvalue weighted by Crippen LogP contribution is -2.10. The zero-order valence-corrected chi connectivity index (χ0v) is 11.5. The lowest BCUT2D eigenvalue weighted by Gasteiger charge is -2.06. The molecule has 0 saturated carbocycles. The molecule has 1 aromatic carbocycles. The van der Waals surface area contributed by atoms with Gasteiger partial charge in [0.1, 0.15) is 10.7 Å².